The Balaban J connectivity index is 1.53. The van der Waals surface area contributed by atoms with E-state index < -0.39 is 47.5 Å². The molecule has 39 heavy (non-hydrogen) atoms. The molecule has 15 heteroatoms. The normalized spacial score (nSPS) is 17.5. The number of fused-ring (bicyclic) bond motifs is 1. The summed E-state index contributed by atoms with van der Waals surface area (Å²) >= 11 is 0. The van der Waals surface area contributed by atoms with Gasteiger partial charge in [-0.25, -0.2) is 0 Å². The predicted molar refractivity (Wildman–Crippen MR) is 129 cm³/mol. The zero-order valence-electron chi connectivity index (χ0n) is 21.3. The number of hydrogen-bond acceptors (Lipinski definition) is 6. The number of rotatable bonds is 8. The fraction of sp³-hybridized carbons (Fsp3) is 0.583. The van der Waals surface area contributed by atoms with E-state index in [4.69, 9.17) is 0 Å². The summed E-state index contributed by atoms with van der Waals surface area (Å²) in [5, 5.41) is 17.5. The summed E-state index contributed by atoms with van der Waals surface area (Å²) in [6.45, 7) is 2.02. The van der Waals surface area contributed by atoms with Crippen molar-refractivity contribution in [3.63, 3.8) is 0 Å². The molecule has 2 N–H and O–H groups in total. The number of carbonyl (C=O) groups excluding carboxylic acids is 2. The SMILES string of the molecule is CC(C)Cn1c(=O)c(C(=O)NC2CC2)c(O)n2ncc(C=CC(=O)N3CCN(CC(F)(F)C(F)(F)F)CC3)c12. The van der Waals surface area contributed by atoms with Gasteiger partial charge in [0.1, 0.15) is 5.65 Å². The molecule has 1 saturated heterocycles. The first kappa shape index (κ1) is 28.5. The molecule has 2 aromatic rings. The smallest absolute Gasteiger partial charge is 0.454 e. The molecule has 10 nitrogen and oxygen atoms in total. The summed E-state index contributed by atoms with van der Waals surface area (Å²) in [5.41, 5.74) is -0.676. The lowest BCUT2D eigenvalue weighted by atomic mass is 10.2. The Hall–Kier alpha value is -3.49. The van der Waals surface area contributed by atoms with Crippen molar-refractivity contribution in [1.29, 1.82) is 0 Å². The van der Waals surface area contributed by atoms with E-state index in [1.54, 1.807) is 0 Å². The molecular weight excluding hydrogens is 531 g/mol. The van der Waals surface area contributed by atoms with Crippen LogP contribution in [0.4, 0.5) is 22.0 Å². The minimum Gasteiger partial charge on any atom is -0.492 e. The molecule has 1 aliphatic carbocycles. The first-order chi connectivity index (χ1) is 18.2. The van der Waals surface area contributed by atoms with Gasteiger partial charge in [-0.05, 0) is 24.8 Å². The average molecular weight is 561 g/mol. The number of halogens is 5. The molecule has 0 aromatic carbocycles. The van der Waals surface area contributed by atoms with Crippen molar-refractivity contribution in [3.8, 4) is 5.88 Å². The van der Waals surface area contributed by atoms with Crippen LogP contribution < -0.4 is 10.9 Å². The van der Waals surface area contributed by atoms with Crippen LogP contribution >= 0.6 is 0 Å². The van der Waals surface area contributed by atoms with Gasteiger partial charge in [0.2, 0.25) is 11.8 Å². The van der Waals surface area contributed by atoms with Gasteiger partial charge >= 0.3 is 12.1 Å². The Bertz CT molecular complexity index is 1340. The standard InChI is InChI=1S/C24H29F5N6O4/c1-14(2)12-34-20-15(11-30-35(20)22(39)18(21(34)38)19(37)31-16-4-5-16)3-6-17(36)33-9-7-32(8-10-33)13-23(25,26)24(27,28)29/h3,6,11,14,16,39H,4-5,7-10,12-13H2,1-2H3,(H,31,37). The van der Waals surface area contributed by atoms with Crippen LogP contribution in [0.3, 0.4) is 0 Å². The van der Waals surface area contributed by atoms with Crippen molar-refractivity contribution >= 4 is 23.5 Å². The molecule has 0 unspecified atom stereocenters. The van der Waals surface area contributed by atoms with E-state index in [-0.39, 0.29) is 50.3 Å². The highest BCUT2D eigenvalue weighted by atomic mass is 19.4. The van der Waals surface area contributed by atoms with Crippen LogP contribution in [0, 0.1) is 5.92 Å². The number of nitrogens with zero attached hydrogens (tertiary/aromatic N) is 5. The number of hydrogen-bond donors (Lipinski definition) is 2. The van der Waals surface area contributed by atoms with Gasteiger partial charge in [0.15, 0.2) is 5.56 Å². The number of amides is 2. The highest BCUT2D eigenvalue weighted by Gasteiger charge is 2.58. The summed E-state index contributed by atoms with van der Waals surface area (Å²) in [4.78, 5) is 40.9. The zero-order valence-corrected chi connectivity index (χ0v) is 21.3. The van der Waals surface area contributed by atoms with Crippen molar-refractivity contribution in [2.45, 2.75) is 51.4 Å². The molecular formula is C24H29F5N6O4. The highest BCUT2D eigenvalue weighted by Crippen LogP contribution is 2.36. The molecule has 4 rings (SSSR count). The van der Waals surface area contributed by atoms with Crippen LogP contribution in [-0.2, 0) is 11.3 Å². The summed E-state index contributed by atoms with van der Waals surface area (Å²) in [7, 11) is 0. The maximum atomic E-state index is 13.3. The summed E-state index contributed by atoms with van der Waals surface area (Å²) in [6.07, 6.45) is -0.220. The molecule has 0 atom stereocenters. The van der Waals surface area contributed by atoms with Gasteiger partial charge in [0.25, 0.3) is 11.5 Å². The quantitative estimate of drug-likeness (QED) is 0.378. The zero-order chi connectivity index (χ0) is 28.7. The van der Waals surface area contributed by atoms with Crippen LogP contribution in [0.15, 0.2) is 17.1 Å². The average Bonchev–Trinajstić information content (AvgIpc) is 3.55. The minimum atomic E-state index is -5.65. The molecule has 2 aromatic heterocycles. The predicted octanol–water partition coefficient (Wildman–Crippen LogP) is 2.10. The molecule has 1 saturated carbocycles. The van der Waals surface area contributed by atoms with Crippen molar-refractivity contribution in [2.24, 2.45) is 5.92 Å². The lowest BCUT2D eigenvalue weighted by molar-refractivity contribution is -0.287. The summed E-state index contributed by atoms with van der Waals surface area (Å²) < 4.78 is 66.5. The number of piperazine rings is 1. The molecule has 214 valence electrons. The fourth-order valence-corrected chi connectivity index (χ4v) is 4.31. The molecule has 2 amide bonds. The molecule has 3 heterocycles. The number of nitrogens with one attached hydrogen (secondary N) is 1. The van der Waals surface area contributed by atoms with E-state index in [0.29, 0.717) is 5.56 Å². The lowest BCUT2D eigenvalue weighted by Crippen LogP contribution is -2.54. The Morgan fingerprint density at radius 3 is 2.36 bits per heavy atom. The maximum absolute atomic E-state index is 13.3. The van der Waals surface area contributed by atoms with Gasteiger partial charge in [0.05, 0.1) is 12.7 Å². The monoisotopic (exact) mass is 560 g/mol. The Morgan fingerprint density at radius 1 is 1.15 bits per heavy atom. The minimum absolute atomic E-state index is 0.0234. The van der Waals surface area contributed by atoms with Gasteiger partial charge in [-0.15, -0.1) is 0 Å². The molecule has 0 bridgehead atoms. The molecule has 1 aliphatic heterocycles. The van der Waals surface area contributed by atoms with Gasteiger partial charge in [-0.3, -0.25) is 23.9 Å². The Labute approximate surface area is 219 Å². The van der Waals surface area contributed by atoms with E-state index in [1.807, 2.05) is 13.8 Å². The summed E-state index contributed by atoms with van der Waals surface area (Å²) in [5.74, 6) is -6.72. The van der Waals surface area contributed by atoms with Gasteiger partial charge in [0, 0.05) is 50.4 Å². The second-order valence-corrected chi connectivity index (χ2v) is 10.2. The third-order valence-electron chi connectivity index (χ3n) is 6.52. The second-order valence-electron chi connectivity index (χ2n) is 10.2. The van der Waals surface area contributed by atoms with E-state index in [1.165, 1.54) is 27.8 Å². The largest absolute Gasteiger partial charge is 0.492 e. The molecule has 2 fully saturated rings. The van der Waals surface area contributed by atoms with Crippen LogP contribution in [0.25, 0.3) is 11.7 Å². The first-order valence-electron chi connectivity index (χ1n) is 12.5. The van der Waals surface area contributed by atoms with Gasteiger partial charge < -0.3 is 15.3 Å². The topological polar surface area (TPSA) is 112 Å². The van der Waals surface area contributed by atoms with Gasteiger partial charge in [-0.1, -0.05) is 13.8 Å². The third-order valence-corrected chi connectivity index (χ3v) is 6.52. The van der Waals surface area contributed by atoms with Crippen LogP contribution in [0.2, 0.25) is 0 Å². The van der Waals surface area contributed by atoms with E-state index >= 15 is 0 Å². The number of carbonyl (C=O) groups is 2. The van der Waals surface area contributed by atoms with Crippen molar-refractivity contribution in [1.82, 2.24) is 29.3 Å². The summed E-state index contributed by atoms with van der Waals surface area (Å²) in [6, 6.07) is -0.0457. The maximum Gasteiger partial charge on any atom is 0.454 e. The second kappa shape index (κ2) is 10.6. The number of aromatic nitrogens is 3. The Kier molecular flexibility index (Phi) is 7.74. The van der Waals surface area contributed by atoms with Crippen LogP contribution in [-0.4, -0.2) is 91.8 Å². The Morgan fingerprint density at radius 2 is 1.79 bits per heavy atom. The van der Waals surface area contributed by atoms with Crippen molar-refractivity contribution < 1.29 is 36.6 Å². The van der Waals surface area contributed by atoms with E-state index in [0.717, 1.165) is 22.3 Å². The molecule has 2 aliphatic rings. The third kappa shape index (κ3) is 6.07. The van der Waals surface area contributed by atoms with Crippen molar-refractivity contribution in [3.05, 3.63) is 33.8 Å². The van der Waals surface area contributed by atoms with E-state index in [9.17, 15) is 41.4 Å². The number of alkyl halides is 5. The lowest BCUT2D eigenvalue weighted by Gasteiger charge is -2.36. The molecule has 0 spiro atoms. The first-order valence-corrected chi connectivity index (χ1v) is 12.5. The van der Waals surface area contributed by atoms with Crippen molar-refractivity contribution in [2.75, 3.05) is 32.7 Å². The number of aromatic hydroxyl groups is 1. The van der Waals surface area contributed by atoms with E-state index in [2.05, 4.69) is 10.4 Å². The fourth-order valence-electron chi connectivity index (χ4n) is 4.31. The van der Waals surface area contributed by atoms with Crippen LogP contribution in [0.5, 0.6) is 5.88 Å². The van der Waals surface area contributed by atoms with Crippen LogP contribution in [0.1, 0.15) is 42.6 Å². The highest BCUT2D eigenvalue weighted by molar-refractivity contribution is 5.97. The molecule has 0 radical (unpaired) electrons. The van der Waals surface area contributed by atoms with Gasteiger partial charge in [-0.2, -0.15) is 31.6 Å².